The Bertz CT molecular complexity index is 237. The molecule has 1 rings (SSSR count). The summed E-state index contributed by atoms with van der Waals surface area (Å²) in [6.45, 7) is 10.9. The highest BCUT2D eigenvalue weighted by molar-refractivity contribution is 9.09. The molecule has 0 aromatic carbocycles. The van der Waals surface area contributed by atoms with Gasteiger partial charge in [-0.3, -0.25) is 0 Å². The van der Waals surface area contributed by atoms with Gasteiger partial charge < -0.3 is 9.47 Å². The van der Waals surface area contributed by atoms with Crippen LogP contribution in [0.5, 0.6) is 0 Å². The average Bonchev–Trinajstić information content (AvgIpc) is 2.37. The van der Waals surface area contributed by atoms with Gasteiger partial charge in [0, 0.05) is 11.9 Å². The fourth-order valence-corrected chi connectivity index (χ4v) is 2.82. The summed E-state index contributed by atoms with van der Waals surface area (Å²) in [5, 5.41) is 1.04. The topological polar surface area (TPSA) is 18.5 Å². The SMILES string of the molecule is CCC(C)(COC1CCCCO1)CC(C)(C)CBr. The van der Waals surface area contributed by atoms with Crippen molar-refractivity contribution in [2.45, 2.75) is 66.1 Å². The molecule has 1 fully saturated rings. The quantitative estimate of drug-likeness (QED) is 0.630. The second kappa shape index (κ2) is 7.25. The van der Waals surface area contributed by atoms with Crippen LogP contribution in [0.3, 0.4) is 0 Å². The molecular weight excluding hydrogens is 292 g/mol. The second-order valence-corrected chi connectivity index (χ2v) is 7.31. The Morgan fingerprint density at radius 2 is 2.00 bits per heavy atom. The van der Waals surface area contributed by atoms with E-state index in [-0.39, 0.29) is 11.7 Å². The summed E-state index contributed by atoms with van der Waals surface area (Å²) in [5.74, 6) is 0. The minimum absolute atomic E-state index is 0.0386. The molecule has 108 valence electrons. The van der Waals surface area contributed by atoms with Crippen molar-refractivity contribution in [2.24, 2.45) is 10.8 Å². The molecule has 0 bridgehead atoms. The Balaban J connectivity index is 2.43. The van der Waals surface area contributed by atoms with Gasteiger partial charge in [-0.05, 0) is 42.9 Å². The molecule has 0 spiro atoms. The molecule has 0 saturated carbocycles. The molecule has 2 atom stereocenters. The van der Waals surface area contributed by atoms with Crippen molar-refractivity contribution in [3.8, 4) is 0 Å². The van der Waals surface area contributed by atoms with Crippen LogP contribution in [0.1, 0.15) is 59.8 Å². The Morgan fingerprint density at radius 1 is 1.28 bits per heavy atom. The van der Waals surface area contributed by atoms with E-state index in [0.717, 1.165) is 31.4 Å². The average molecular weight is 321 g/mol. The van der Waals surface area contributed by atoms with Gasteiger partial charge in [-0.25, -0.2) is 0 Å². The number of hydrogen-bond donors (Lipinski definition) is 0. The van der Waals surface area contributed by atoms with E-state index in [1.807, 2.05) is 0 Å². The van der Waals surface area contributed by atoms with Gasteiger partial charge in [0.15, 0.2) is 6.29 Å². The van der Waals surface area contributed by atoms with Gasteiger partial charge in [0.2, 0.25) is 0 Å². The standard InChI is InChI=1S/C15H29BrO2/c1-5-15(4,10-14(2,3)11-16)12-18-13-8-6-7-9-17-13/h13H,5-12H2,1-4H3. The molecular formula is C15H29BrO2. The van der Waals surface area contributed by atoms with Crippen molar-refractivity contribution in [3.63, 3.8) is 0 Å². The minimum atomic E-state index is 0.0386. The van der Waals surface area contributed by atoms with Crippen LogP contribution in [0.25, 0.3) is 0 Å². The molecule has 0 amide bonds. The van der Waals surface area contributed by atoms with Crippen LogP contribution in [-0.4, -0.2) is 24.8 Å². The third-order valence-electron chi connectivity index (χ3n) is 3.88. The van der Waals surface area contributed by atoms with E-state index in [1.54, 1.807) is 0 Å². The molecule has 2 unspecified atom stereocenters. The first kappa shape index (κ1) is 16.5. The molecule has 2 nitrogen and oxygen atoms in total. The van der Waals surface area contributed by atoms with E-state index >= 15 is 0 Å². The van der Waals surface area contributed by atoms with Gasteiger partial charge in [-0.2, -0.15) is 0 Å². The Morgan fingerprint density at radius 3 is 2.50 bits per heavy atom. The second-order valence-electron chi connectivity index (χ2n) is 6.75. The molecule has 1 heterocycles. The molecule has 18 heavy (non-hydrogen) atoms. The molecule has 1 aliphatic rings. The fourth-order valence-electron chi connectivity index (χ4n) is 2.62. The van der Waals surface area contributed by atoms with Crippen LogP contribution in [0.2, 0.25) is 0 Å². The van der Waals surface area contributed by atoms with E-state index in [0.29, 0.717) is 5.41 Å². The van der Waals surface area contributed by atoms with Gasteiger partial charge in [0.1, 0.15) is 0 Å². The minimum Gasteiger partial charge on any atom is -0.353 e. The lowest BCUT2D eigenvalue weighted by molar-refractivity contribution is -0.180. The first-order valence-electron chi connectivity index (χ1n) is 7.20. The number of hydrogen-bond acceptors (Lipinski definition) is 2. The molecule has 0 N–H and O–H groups in total. The molecule has 0 aromatic heterocycles. The predicted octanol–water partition coefficient (Wildman–Crippen LogP) is 4.76. The molecule has 1 saturated heterocycles. The Hall–Kier alpha value is 0.400. The lowest BCUT2D eigenvalue weighted by atomic mass is 9.74. The van der Waals surface area contributed by atoms with E-state index in [9.17, 15) is 0 Å². The van der Waals surface area contributed by atoms with Gasteiger partial charge in [0.25, 0.3) is 0 Å². The smallest absolute Gasteiger partial charge is 0.157 e. The highest BCUT2D eigenvalue weighted by Crippen LogP contribution is 2.38. The van der Waals surface area contributed by atoms with Crippen LogP contribution in [0.15, 0.2) is 0 Å². The number of alkyl halides is 1. The molecule has 0 aromatic rings. The van der Waals surface area contributed by atoms with Crippen LogP contribution >= 0.6 is 15.9 Å². The fraction of sp³-hybridized carbons (Fsp3) is 1.00. The van der Waals surface area contributed by atoms with E-state index in [2.05, 4.69) is 43.6 Å². The number of ether oxygens (including phenoxy) is 2. The molecule has 0 aliphatic carbocycles. The zero-order chi connectivity index (χ0) is 13.6. The van der Waals surface area contributed by atoms with Crippen LogP contribution in [-0.2, 0) is 9.47 Å². The summed E-state index contributed by atoms with van der Waals surface area (Å²) in [6, 6.07) is 0. The zero-order valence-corrected chi connectivity index (χ0v) is 14.0. The molecule has 1 aliphatic heterocycles. The first-order chi connectivity index (χ1) is 8.41. The van der Waals surface area contributed by atoms with Crippen molar-refractivity contribution in [3.05, 3.63) is 0 Å². The highest BCUT2D eigenvalue weighted by Gasteiger charge is 2.32. The summed E-state index contributed by atoms with van der Waals surface area (Å²) < 4.78 is 11.6. The van der Waals surface area contributed by atoms with E-state index in [4.69, 9.17) is 9.47 Å². The maximum absolute atomic E-state index is 5.99. The first-order valence-corrected chi connectivity index (χ1v) is 8.32. The van der Waals surface area contributed by atoms with Crippen molar-refractivity contribution in [2.75, 3.05) is 18.5 Å². The summed E-state index contributed by atoms with van der Waals surface area (Å²) in [5.41, 5.74) is 0.569. The monoisotopic (exact) mass is 320 g/mol. The van der Waals surface area contributed by atoms with Crippen molar-refractivity contribution in [1.82, 2.24) is 0 Å². The van der Waals surface area contributed by atoms with Gasteiger partial charge in [-0.1, -0.05) is 43.6 Å². The number of rotatable bonds is 7. The highest BCUT2D eigenvalue weighted by atomic mass is 79.9. The van der Waals surface area contributed by atoms with Gasteiger partial charge in [-0.15, -0.1) is 0 Å². The third kappa shape index (κ3) is 5.58. The largest absolute Gasteiger partial charge is 0.353 e. The summed E-state index contributed by atoms with van der Waals surface area (Å²) in [4.78, 5) is 0. The Labute approximate surface area is 121 Å². The lowest BCUT2D eigenvalue weighted by Gasteiger charge is -2.37. The predicted molar refractivity (Wildman–Crippen MR) is 80.1 cm³/mol. The van der Waals surface area contributed by atoms with Crippen molar-refractivity contribution >= 4 is 15.9 Å². The van der Waals surface area contributed by atoms with Crippen LogP contribution in [0.4, 0.5) is 0 Å². The van der Waals surface area contributed by atoms with E-state index < -0.39 is 0 Å². The summed E-state index contributed by atoms with van der Waals surface area (Å²) in [7, 11) is 0. The molecule has 3 heteroatoms. The normalized spacial score (nSPS) is 24.8. The maximum Gasteiger partial charge on any atom is 0.157 e. The van der Waals surface area contributed by atoms with Crippen molar-refractivity contribution in [1.29, 1.82) is 0 Å². The Kier molecular flexibility index (Phi) is 6.63. The van der Waals surface area contributed by atoms with Gasteiger partial charge >= 0.3 is 0 Å². The maximum atomic E-state index is 5.99. The lowest BCUT2D eigenvalue weighted by Crippen LogP contribution is -2.33. The zero-order valence-electron chi connectivity index (χ0n) is 12.4. The van der Waals surface area contributed by atoms with E-state index in [1.165, 1.54) is 19.3 Å². The summed E-state index contributed by atoms with van der Waals surface area (Å²) in [6.07, 6.45) is 5.84. The molecule has 0 radical (unpaired) electrons. The van der Waals surface area contributed by atoms with Crippen LogP contribution < -0.4 is 0 Å². The van der Waals surface area contributed by atoms with Crippen molar-refractivity contribution < 1.29 is 9.47 Å². The van der Waals surface area contributed by atoms with Crippen LogP contribution in [0, 0.1) is 10.8 Å². The third-order valence-corrected chi connectivity index (χ3v) is 5.39. The summed E-state index contributed by atoms with van der Waals surface area (Å²) >= 11 is 3.61. The number of halogens is 1. The van der Waals surface area contributed by atoms with Gasteiger partial charge in [0.05, 0.1) is 6.61 Å².